The van der Waals surface area contributed by atoms with Gasteiger partial charge in [-0.15, -0.1) is 0 Å². The lowest BCUT2D eigenvalue weighted by Gasteiger charge is -2.17. The van der Waals surface area contributed by atoms with Crippen LogP contribution in [-0.2, 0) is 6.54 Å². The number of aromatic nitrogens is 1. The van der Waals surface area contributed by atoms with Gasteiger partial charge in [0.1, 0.15) is 0 Å². The van der Waals surface area contributed by atoms with Crippen molar-refractivity contribution in [3.05, 3.63) is 29.6 Å². The van der Waals surface area contributed by atoms with Crippen LogP contribution in [0, 0.1) is 6.92 Å². The third-order valence-corrected chi connectivity index (χ3v) is 5.00. The van der Waals surface area contributed by atoms with Gasteiger partial charge in [0.25, 0.3) is 0 Å². The van der Waals surface area contributed by atoms with Crippen LogP contribution in [0.1, 0.15) is 37.4 Å². The number of thioether (sulfide) groups is 1. The van der Waals surface area contributed by atoms with E-state index in [1.165, 1.54) is 24.8 Å². The van der Waals surface area contributed by atoms with Crippen LogP contribution in [-0.4, -0.2) is 35.0 Å². The average Bonchev–Trinajstić information content (AvgIpc) is 2.94. The number of hydrogen-bond acceptors (Lipinski definition) is 3. The van der Waals surface area contributed by atoms with Gasteiger partial charge in [0, 0.05) is 24.0 Å². The van der Waals surface area contributed by atoms with Gasteiger partial charge in [-0.05, 0) is 51.0 Å². The highest BCUT2D eigenvalue weighted by Gasteiger charge is 2.24. The van der Waals surface area contributed by atoms with Gasteiger partial charge >= 0.3 is 0 Å². The molecule has 1 aromatic heterocycles. The fraction of sp³-hybridized carbons (Fsp3) is 0.625. The van der Waals surface area contributed by atoms with E-state index in [0.29, 0.717) is 12.6 Å². The van der Waals surface area contributed by atoms with Gasteiger partial charge in [0.15, 0.2) is 5.96 Å². The summed E-state index contributed by atoms with van der Waals surface area (Å²) in [6, 6.07) is 4.59. The van der Waals surface area contributed by atoms with Crippen molar-refractivity contribution in [1.29, 1.82) is 0 Å². The van der Waals surface area contributed by atoms with Crippen LogP contribution in [0.4, 0.5) is 0 Å². The summed E-state index contributed by atoms with van der Waals surface area (Å²) in [7, 11) is 0. The summed E-state index contributed by atoms with van der Waals surface area (Å²) in [4.78, 5) is 9.09. The maximum absolute atomic E-state index is 4.68. The second kappa shape index (κ2) is 8.27. The van der Waals surface area contributed by atoms with E-state index in [2.05, 4.69) is 46.8 Å². The maximum Gasteiger partial charge on any atom is 0.191 e. The van der Waals surface area contributed by atoms with E-state index in [0.717, 1.165) is 23.4 Å². The highest BCUT2D eigenvalue weighted by molar-refractivity contribution is 7.99. The Morgan fingerprint density at radius 3 is 3.00 bits per heavy atom. The summed E-state index contributed by atoms with van der Waals surface area (Å²) in [5.41, 5.74) is 2.24. The molecule has 0 radical (unpaired) electrons. The average molecular weight is 306 g/mol. The topological polar surface area (TPSA) is 49.3 Å². The zero-order valence-corrected chi connectivity index (χ0v) is 14.0. The van der Waals surface area contributed by atoms with Gasteiger partial charge in [0.05, 0.1) is 12.2 Å². The van der Waals surface area contributed by atoms with Gasteiger partial charge in [-0.1, -0.05) is 6.07 Å². The van der Waals surface area contributed by atoms with Gasteiger partial charge in [0.2, 0.25) is 0 Å². The Hall–Kier alpha value is -1.23. The van der Waals surface area contributed by atoms with Crippen LogP contribution >= 0.6 is 11.8 Å². The number of aliphatic imine (C=N–C) groups is 1. The maximum atomic E-state index is 4.68. The quantitative estimate of drug-likeness (QED) is 0.649. The fourth-order valence-corrected chi connectivity index (χ4v) is 3.43. The van der Waals surface area contributed by atoms with Crippen LogP contribution in [0.25, 0.3) is 0 Å². The fourth-order valence-electron chi connectivity index (χ4n) is 2.64. The molecular formula is C16H26N4S. The van der Waals surface area contributed by atoms with Crippen LogP contribution < -0.4 is 10.6 Å². The molecule has 1 aliphatic carbocycles. The molecule has 2 atom stereocenters. The molecule has 1 saturated carbocycles. The Labute approximate surface area is 132 Å². The molecule has 0 amide bonds. The number of nitrogens with zero attached hydrogens (tertiary/aromatic N) is 2. The van der Waals surface area contributed by atoms with Crippen molar-refractivity contribution in [2.24, 2.45) is 4.99 Å². The number of aryl methyl sites for hydroxylation is 1. The summed E-state index contributed by atoms with van der Waals surface area (Å²) in [5.74, 6) is 0.911. The smallest absolute Gasteiger partial charge is 0.191 e. The Balaban J connectivity index is 1.95. The van der Waals surface area contributed by atoms with Crippen molar-refractivity contribution in [1.82, 2.24) is 15.6 Å². The van der Waals surface area contributed by atoms with Gasteiger partial charge in [-0.2, -0.15) is 11.8 Å². The van der Waals surface area contributed by atoms with E-state index >= 15 is 0 Å². The van der Waals surface area contributed by atoms with Crippen molar-refractivity contribution in [3.8, 4) is 0 Å². The van der Waals surface area contributed by atoms with Crippen LogP contribution in [0.3, 0.4) is 0 Å². The van der Waals surface area contributed by atoms with Gasteiger partial charge in [-0.3, -0.25) is 4.98 Å². The molecule has 0 aromatic carbocycles. The van der Waals surface area contributed by atoms with Gasteiger partial charge in [-0.25, -0.2) is 4.99 Å². The minimum atomic E-state index is 0.546. The molecule has 0 bridgehead atoms. The van der Waals surface area contributed by atoms with Crippen molar-refractivity contribution < 1.29 is 0 Å². The molecule has 0 saturated heterocycles. The molecule has 1 aromatic rings. The summed E-state index contributed by atoms with van der Waals surface area (Å²) in [6.45, 7) is 5.69. The summed E-state index contributed by atoms with van der Waals surface area (Å²) >= 11 is 1.98. The number of hydrogen-bond donors (Lipinski definition) is 2. The monoisotopic (exact) mass is 306 g/mol. The Morgan fingerprint density at radius 2 is 2.33 bits per heavy atom. The molecule has 21 heavy (non-hydrogen) atoms. The molecule has 1 fully saturated rings. The standard InChI is InChI=1S/C16H26N4S/c1-4-17-16(20-13-7-8-14(10-13)21-3)19-11-15-12(2)6-5-9-18-15/h5-6,9,13-14H,4,7-8,10-11H2,1-3H3,(H2,17,19,20). The van der Waals surface area contributed by atoms with Gasteiger partial charge < -0.3 is 10.6 Å². The lowest BCUT2D eigenvalue weighted by atomic mass is 10.2. The van der Waals surface area contributed by atoms with Crippen LogP contribution in [0.5, 0.6) is 0 Å². The van der Waals surface area contributed by atoms with E-state index in [1.807, 2.05) is 24.0 Å². The molecule has 2 rings (SSSR count). The number of nitrogens with one attached hydrogen (secondary N) is 2. The number of guanidine groups is 1. The van der Waals surface area contributed by atoms with E-state index in [9.17, 15) is 0 Å². The Bertz CT molecular complexity index is 475. The molecular weight excluding hydrogens is 280 g/mol. The second-order valence-electron chi connectivity index (χ2n) is 5.47. The molecule has 0 aliphatic heterocycles. The van der Waals surface area contributed by atoms with Crippen LogP contribution in [0.2, 0.25) is 0 Å². The summed E-state index contributed by atoms with van der Waals surface area (Å²) in [6.07, 6.45) is 7.80. The Kier molecular flexibility index (Phi) is 6.36. The van der Waals surface area contributed by atoms with Crippen molar-refractivity contribution in [2.45, 2.75) is 50.9 Å². The number of pyridine rings is 1. The molecule has 1 aliphatic rings. The van der Waals surface area contributed by atoms with E-state index in [-0.39, 0.29) is 0 Å². The second-order valence-corrected chi connectivity index (χ2v) is 6.61. The molecule has 2 N–H and O–H groups in total. The first-order valence-corrected chi connectivity index (χ1v) is 8.99. The molecule has 2 unspecified atom stereocenters. The summed E-state index contributed by atoms with van der Waals surface area (Å²) < 4.78 is 0. The predicted molar refractivity (Wildman–Crippen MR) is 91.9 cm³/mol. The highest BCUT2D eigenvalue weighted by Crippen LogP contribution is 2.28. The van der Waals surface area contributed by atoms with E-state index in [1.54, 1.807) is 0 Å². The summed E-state index contributed by atoms with van der Waals surface area (Å²) in [5, 5.41) is 7.70. The zero-order valence-electron chi connectivity index (χ0n) is 13.2. The third kappa shape index (κ3) is 4.92. The molecule has 0 spiro atoms. The normalized spacial score (nSPS) is 22.3. The first-order chi connectivity index (χ1) is 10.2. The lowest BCUT2D eigenvalue weighted by molar-refractivity contribution is 0.614. The largest absolute Gasteiger partial charge is 0.357 e. The number of rotatable bonds is 5. The third-order valence-electron chi connectivity index (χ3n) is 3.91. The van der Waals surface area contributed by atoms with Crippen molar-refractivity contribution in [2.75, 3.05) is 12.8 Å². The van der Waals surface area contributed by atoms with Crippen LogP contribution in [0.15, 0.2) is 23.3 Å². The lowest BCUT2D eigenvalue weighted by Crippen LogP contribution is -2.42. The van der Waals surface area contributed by atoms with E-state index < -0.39 is 0 Å². The predicted octanol–water partition coefficient (Wildman–Crippen LogP) is 2.73. The minimum absolute atomic E-state index is 0.546. The highest BCUT2D eigenvalue weighted by atomic mass is 32.2. The zero-order chi connectivity index (χ0) is 15.1. The molecule has 116 valence electrons. The Morgan fingerprint density at radius 1 is 1.48 bits per heavy atom. The molecule has 5 heteroatoms. The minimum Gasteiger partial charge on any atom is -0.357 e. The van der Waals surface area contributed by atoms with Crippen molar-refractivity contribution >= 4 is 17.7 Å². The first-order valence-electron chi connectivity index (χ1n) is 7.71. The molecule has 1 heterocycles. The molecule has 4 nitrogen and oxygen atoms in total. The first kappa shape index (κ1) is 16.1. The van der Waals surface area contributed by atoms with Crippen molar-refractivity contribution in [3.63, 3.8) is 0 Å². The van der Waals surface area contributed by atoms with E-state index in [4.69, 9.17) is 0 Å². The SMILES string of the molecule is CCNC(=NCc1ncccc1C)NC1CCC(SC)C1.